The van der Waals surface area contributed by atoms with E-state index < -0.39 is 11.9 Å². The lowest BCUT2D eigenvalue weighted by molar-refractivity contribution is -0.138. The number of halogens is 1. The fraction of sp³-hybridized carbons (Fsp3) is 0.300. The van der Waals surface area contributed by atoms with Crippen LogP contribution >= 0.6 is 15.9 Å². The van der Waals surface area contributed by atoms with E-state index in [1.54, 1.807) is 13.0 Å². The second-order valence-electron chi connectivity index (χ2n) is 3.27. The Balaban J connectivity index is 3.20. The molecule has 0 spiro atoms. The number of carboxylic acid groups (broad SMARTS) is 1. The number of rotatable bonds is 3. The zero-order valence-corrected chi connectivity index (χ0v) is 9.78. The van der Waals surface area contributed by atoms with Gasteiger partial charge in [-0.2, -0.15) is 0 Å². The van der Waals surface area contributed by atoms with Crippen LogP contribution in [0.3, 0.4) is 0 Å². The van der Waals surface area contributed by atoms with Crippen molar-refractivity contribution in [3.63, 3.8) is 0 Å². The van der Waals surface area contributed by atoms with E-state index in [9.17, 15) is 9.90 Å². The highest BCUT2D eigenvalue weighted by atomic mass is 79.9. The van der Waals surface area contributed by atoms with Crippen molar-refractivity contribution in [2.45, 2.75) is 12.8 Å². The second kappa shape index (κ2) is 4.63. The van der Waals surface area contributed by atoms with Gasteiger partial charge in [-0.05, 0) is 24.6 Å². The maximum absolute atomic E-state index is 10.9. The van der Waals surface area contributed by atoms with Gasteiger partial charge < -0.3 is 15.9 Å². The third kappa shape index (κ3) is 2.49. The van der Waals surface area contributed by atoms with Gasteiger partial charge in [-0.15, -0.1) is 0 Å². The van der Waals surface area contributed by atoms with Gasteiger partial charge in [0.15, 0.2) is 0 Å². The molecule has 0 aliphatic rings. The first-order chi connectivity index (χ1) is 6.97. The monoisotopic (exact) mass is 273 g/mol. The van der Waals surface area contributed by atoms with E-state index >= 15 is 0 Å². The molecule has 1 unspecified atom stereocenters. The van der Waals surface area contributed by atoms with Crippen LogP contribution in [0.15, 0.2) is 16.6 Å². The highest BCUT2D eigenvalue weighted by Gasteiger charge is 2.19. The highest BCUT2D eigenvalue weighted by Crippen LogP contribution is 2.30. The fourth-order valence-electron chi connectivity index (χ4n) is 1.27. The van der Waals surface area contributed by atoms with Crippen LogP contribution in [0.2, 0.25) is 0 Å². The van der Waals surface area contributed by atoms with Crippen molar-refractivity contribution in [1.29, 1.82) is 0 Å². The zero-order chi connectivity index (χ0) is 11.6. The molecule has 4 nitrogen and oxygen atoms in total. The van der Waals surface area contributed by atoms with Gasteiger partial charge in [0.05, 0.1) is 5.92 Å². The van der Waals surface area contributed by atoms with Crippen LogP contribution in [0.1, 0.15) is 17.0 Å². The van der Waals surface area contributed by atoms with Crippen molar-refractivity contribution in [3.05, 3.63) is 27.7 Å². The van der Waals surface area contributed by atoms with Crippen LogP contribution in [0, 0.1) is 6.92 Å². The summed E-state index contributed by atoms with van der Waals surface area (Å²) in [6, 6.07) is 3.10. The zero-order valence-electron chi connectivity index (χ0n) is 8.20. The lowest BCUT2D eigenvalue weighted by Crippen LogP contribution is -2.21. The van der Waals surface area contributed by atoms with E-state index in [1.165, 1.54) is 6.07 Å². The second-order valence-corrected chi connectivity index (χ2v) is 4.13. The SMILES string of the molecule is Cc1c(O)cc(C(CN)C(=O)O)cc1Br. The number of hydrogen-bond donors (Lipinski definition) is 3. The normalized spacial score (nSPS) is 12.5. The minimum absolute atomic E-state index is 0.00424. The molecule has 5 heteroatoms. The third-order valence-electron chi connectivity index (χ3n) is 2.28. The molecule has 0 radical (unpaired) electrons. The highest BCUT2D eigenvalue weighted by molar-refractivity contribution is 9.10. The van der Waals surface area contributed by atoms with Crippen molar-refractivity contribution < 1.29 is 15.0 Å². The maximum Gasteiger partial charge on any atom is 0.312 e. The predicted molar refractivity (Wildman–Crippen MR) is 60.0 cm³/mol. The quantitative estimate of drug-likeness (QED) is 0.781. The van der Waals surface area contributed by atoms with Crippen molar-refractivity contribution in [1.82, 2.24) is 0 Å². The Morgan fingerprint density at radius 3 is 2.60 bits per heavy atom. The molecule has 0 bridgehead atoms. The molecule has 0 aliphatic heterocycles. The molecule has 4 N–H and O–H groups in total. The summed E-state index contributed by atoms with van der Waals surface area (Å²) in [6.45, 7) is 1.74. The van der Waals surface area contributed by atoms with Gasteiger partial charge in [0.2, 0.25) is 0 Å². The topological polar surface area (TPSA) is 83.5 Å². The Labute approximate surface area is 95.8 Å². The van der Waals surface area contributed by atoms with Gasteiger partial charge in [0.1, 0.15) is 5.75 Å². The largest absolute Gasteiger partial charge is 0.508 e. The number of phenols is 1. The summed E-state index contributed by atoms with van der Waals surface area (Å²) in [7, 11) is 0. The Kier molecular flexibility index (Phi) is 3.71. The standard InChI is InChI=1S/C10H12BrNO3/c1-5-8(11)2-6(3-9(5)13)7(4-12)10(14)15/h2-3,7,13H,4,12H2,1H3,(H,14,15). The number of aromatic hydroxyl groups is 1. The lowest BCUT2D eigenvalue weighted by atomic mass is 9.98. The summed E-state index contributed by atoms with van der Waals surface area (Å²) >= 11 is 3.25. The molecule has 0 saturated carbocycles. The number of nitrogens with two attached hydrogens (primary N) is 1. The molecule has 0 heterocycles. The smallest absolute Gasteiger partial charge is 0.312 e. The summed E-state index contributed by atoms with van der Waals surface area (Å²) in [5.74, 6) is -1.71. The van der Waals surface area contributed by atoms with Crippen LogP contribution in [0.25, 0.3) is 0 Å². The van der Waals surface area contributed by atoms with Gasteiger partial charge in [-0.25, -0.2) is 0 Å². The molecule has 82 valence electrons. The van der Waals surface area contributed by atoms with E-state index in [0.717, 1.165) is 0 Å². The molecule has 0 fully saturated rings. The van der Waals surface area contributed by atoms with E-state index in [2.05, 4.69) is 15.9 Å². The molecular weight excluding hydrogens is 262 g/mol. The number of carbonyl (C=O) groups is 1. The molecule has 0 amide bonds. The van der Waals surface area contributed by atoms with Crippen LogP contribution in [0.4, 0.5) is 0 Å². The van der Waals surface area contributed by atoms with E-state index in [-0.39, 0.29) is 12.3 Å². The van der Waals surface area contributed by atoms with E-state index in [1.807, 2.05) is 0 Å². The molecule has 1 aromatic carbocycles. The van der Waals surface area contributed by atoms with Crippen molar-refractivity contribution in [3.8, 4) is 5.75 Å². The average molecular weight is 274 g/mol. The van der Waals surface area contributed by atoms with Crippen molar-refractivity contribution in [2.24, 2.45) is 5.73 Å². The Bertz CT molecular complexity index is 369. The van der Waals surface area contributed by atoms with E-state index in [0.29, 0.717) is 15.6 Å². The molecule has 1 aromatic rings. The molecule has 0 aromatic heterocycles. The average Bonchev–Trinajstić information content (AvgIpc) is 2.14. The molecule has 15 heavy (non-hydrogen) atoms. The van der Waals surface area contributed by atoms with Crippen molar-refractivity contribution >= 4 is 21.9 Å². The summed E-state index contributed by atoms with van der Waals surface area (Å²) in [6.07, 6.45) is 0. The van der Waals surface area contributed by atoms with Crippen LogP contribution in [-0.4, -0.2) is 22.7 Å². The Morgan fingerprint density at radius 2 is 2.20 bits per heavy atom. The molecule has 0 saturated heterocycles. The number of aliphatic carboxylic acids is 1. The number of hydrogen-bond acceptors (Lipinski definition) is 3. The molecule has 0 aliphatic carbocycles. The maximum atomic E-state index is 10.9. The minimum atomic E-state index is -0.993. The van der Waals surface area contributed by atoms with Gasteiger partial charge in [-0.3, -0.25) is 4.79 Å². The van der Waals surface area contributed by atoms with Gasteiger partial charge in [0, 0.05) is 16.6 Å². The summed E-state index contributed by atoms with van der Waals surface area (Å²) in [4.78, 5) is 10.9. The number of carboxylic acids is 1. The van der Waals surface area contributed by atoms with Gasteiger partial charge in [-0.1, -0.05) is 15.9 Å². The number of benzene rings is 1. The van der Waals surface area contributed by atoms with Gasteiger partial charge >= 0.3 is 5.97 Å². The fourth-order valence-corrected chi connectivity index (χ4v) is 1.73. The molecule has 1 atom stereocenters. The first-order valence-electron chi connectivity index (χ1n) is 4.39. The lowest BCUT2D eigenvalue weighted by Gasteiger charge is -2.12. The van der Waals surface area contributed by atoms with Crippen LogP contribution in [0.5, 0.6) is 5.75 Å². The van der Waals surface area contributed by atoms with E-state index in [4.69, 9.17) is 10.8 Å². The first kappa shape index (κ1) is 12.0. The summed E-state index contributed by atoms with van der Waals surface area (Å²) < 4.78 is 0.678. The molecular formula is C10H12BrNO3. The van der Waals surface area contributed by atoms with Crippen molar-refractivity contribution in [2.75, 3.05) is 6.54 Å². The van der Waals surface area contributed by atoms with Crippen LogP contribution in [-0.2, 0) is 4.79 Å². The summed E-state index contributed by atoms with van der Waals surface area (Å²) in [5, 5.41) is 18.4. The molecule has 1 rings (SSSR count). The predicted octanol–water partition coefficient (Wildman–Crippen LogP) is 1.59. The Hall–Kier alpha value is -1.07. The Morgan fingerprint density at radius 1 is 1.60 bits per heavy atom. The summed E-state index contributed by atoms with van der Waals surface area (Å²) in [5.41, 5.74) is 6.55. The first-order valence-corrected chi connectivity index (χ1v) is 5.18. The van der Waals surface area contributed by atoms with Crippen LogP contribution < -0.4 is 5.73 Å². The minimum Gasteiger partial charge on any atom is -0.508 e. The third-order valence-corrected chi connectivity index (χ3v) is 3.10. The van der Waals surface area contributed by atoms with Gasteiger partial charge in [0.25, 0.3) is 0 Å². The number of phenolic OH excluding ortho intramolecular Hbond substituents is 1.